The van der Waals surface area contributed by atoms with Crippen LogP contribution in [0.25, 0.3) is 16.7 Å². The van der Waals surface area contributed by atoms with Gasteiger partial charge in [0.05, 0.1) is 5.69 Å². The number of hydrogen-bond acceptors (Lipinski definition) is 4. The molecule has 28 heavy (non-hydrogen) atoms. The predicted octanol–water partition coefficient (Wildman–Crippen LogP) is 4.56. The van der Waals surface area contributed by atoms with Gasteiger partial charge in [-0.2, -0.15) is 4.80 Å². The molecule has 0 aliphatic carbocycles. The first-order chi connectivity index (χ1) is 13.4. The van der Waals surface area contributed by atoms with Crippen molar-refractivity contribution in [2.45, 2.75) is 41.0 Å². The molecule has 3 aromatic rings. The maximum atomic E-state index is 12.1. The van der Waals surface area contributed by atoms with E-state index < -0.39 is 0 Å². The fourth-order valence-electron chi connectivity index (χ4n) is 3.28. The molecule has 0 aliphatic rings. The summed E-state index contributed by atoms with van der Waals surface area (Å²) >= 11 is 0. The van der Waals surface area contributed by atoms with E-state index in [1.807, 2.05) is 45.0 Å². The quantitative estimate of drug-likeness (QED) is 0.654. The second kappa shape index (κ2) is 8.42. The highest BCUT2D eigenvalue weighted by atomic mass is 16.1. The van der Waals surface area contributed by atoms with Crippen LogP contribution in [-0.4, -0.2) is 34.0 Å². The molecule has 0 bridgehead atoms. The van der Waals surface area contributed by atoms with E-state index in [0.717, 1.165) is 41.1 Å². The van der Waals surface area contributed by atoms with Crippen molar-refractivity contribution >= 4 is 28.3 Å². The molecule has 0 atom stereocenters. The number of rotatable bonds is 7. The van der Waals surface area contributed by atoms with Gasteiger partial charge in [0.25, 0.3) is 0 Å². The summed E-state index contributed by atoms with van der Waals surface area (Å²) in [6.45, 7) is 12.3. The largest absolute Gasteiger partial charge is 0.372 e. The summed E-state index contributed by atoms with van der Waals surface area (Å²) in [6, 6.07) is 12.1. The van der Waals surface area contributed by atoms with Gasteiger partial charge in [-0.05, 0) is 68.7 Å². The number of anilines is 2. The van der Waals surface area contributed by atoms with E-state index in [9.17, 15) is 4.79 Å². The molecular formula is C22H29N5O. The number of fused-ring (bicyclic) bond motifs is 1. The van der Waals surface area contributed by atoms with Crippen molar-refractivity contribution < 1.29 is 4.79 Å². The SMILES string of the molecule is CCN(CC)c1ccc(-n2nc3cc(C)c(NC(=O)CC(C)C)cc3n2)cc1. The van der Waals surface area contributed by atoms with Crippen LogP contribution in [0.1, 0.15) is 39.7 Å². The van der Waals surface area contributed by atoms with E-state index in [1.54, 1.807) is 4.80 Å². The Morgan fingerprint density at radius 3 is 2.25 bits per heavy atom. The van der Waals surface area contributed by atoms with Gasteiger partial charge in [-0.1, -0.05) is 13.8 Å². The summed E-state index contributed by atoms with van der Waals surface area (Å²) in [5, 5.41) is 12.2. The third-order valence-electron chi connectivity index (χ3n) is 4.80. The highest BCUT2D eigenvalue weighted by molar-refractivity contribution is 5.94. The fourth-order valence-corrected chi connectivity index (χ4v) is 3.28. The molecule has 2 aromatic carbocycles. The summed E-state index contributed by atoms with van der Waals surface area (Å²) in [4.78, 5) is 16.1. The van der Waals surface area contributed by atoms with Crippen LogP contribution in [0.15, 0.2) is 36.4 Å². The lowest BCUT2D eigenvalue weighted by Gasteiger charge is -2.20. The van der Waals surface area contributed by atoms with Crippen molar-refractivity contribution in [2.75, 3.05) is 23.3 Å². The molecule has 0 unspecified atom stereocenters. The molecule has 0 saturated carbocycles. The lowest BCUT2D eigenvalue weighted by molar-refractivity contribution is -0.116. The number of amides is 1. The molecule has 0 fully saturated rings. The number of carbonyl (C=O) groups is 1. The van der Waals surface area contributed by atoms with Gasteiger partial charge in [0.1, 0.15) is 11.0 Å². The molecule has 0 spiro atoms. The monoisotopic (exact) mass is 379 g/mol. The smallest absolute Gasteiger partial charge is 0.224 e. The molecule has 1 amide bonds. The topological polar surface area (TPSA) is 63.1 Å². The Kier molecular flexibility index (Phi) is 5.97. The van der Waals surface area contributed by atoms with Crippen LogP contribution in [-0.2, 0) is 4.79 Å². The second-order valence-electron chi connectivity index (χ2n) is 7.48. The molecular weight excluding hydrogens is 350 g/mol. The van der Waals surface area contributed by atoms with Gasteiger partial charge in [0, 0.05) is 30.9 Å². The number of hydrogen-bond donors (Lipinski definition) is 1. The van der Waals surface area contributed by atoms with Crippen LogP contribution >= 0.6 is 0 Å². The third-order valence-corrected chi connectivity index (χ3v) is 4.80. The minimum atomic E-state index is 0.0248. The van der Waals surface area contributed by atoms with E-state index in [0.29, 0.717) is 12.3 Å². The van der Waals surface area contributed by atoms with Crippen LogP contribution in [0.2, 0.25) is 0 Å². The minimum absolute atomic E-state index is 0.0248. The zero-order valence-electron chi connectivity index (χ0n) is 17.4. The predicted molar refractivity (Wildman–Crippen MR) is 115 cm³/mol. The Balaban J connectivity index is 1.87. The van der Waals surface area contributed by atoms with E-state index in [-0.39, 0.29) is 5.91 Å². The van der Waals surface area contributed by atoms with Gasteiger partial charge in [0.15, 0.2) is 0 Å². The van der Waals surface area contributed by atoms with Crippen molar-refractivity contribution in [3.63, 3.8) is 0 Å². The number of carbonyl (C=O) groups excluding carboxylic acids is 1. The Morgan fingerprint density at radius 1 is 1.07 bits per heavy atom. The van der Waals surface area contributed by atoms with Gasteiger partial charge >= 0.3 is 0 Å². The number of aromatic nitrogens is 3. The van der Waals surface area contributed by atoms with Crippen LogP contribution in [0.3, 0.4) is 0 Å². The lowest BCUT2D eigenvalue weighted by Crippen LogP contribution is -2.21. The van der Waals surface area contributed by atoms with Crippen molar-refractivity contribution in [3.8, 4) is 5.69 Å². The van der Waals surface area contributed by atoms with Gasteiger partial charge in [0.2, 0.25) is 5.91 Å². The minimum Gasteiger partial charge on any atom is -0.372 e. The van der Waals surface area contributed by atoms with E-state index in [1.165, 1.54) is 5.69 Å². The molecule has 0 saturated heterocycles. The molecule has 1 N–H and O–H groups in total. The van der Waals surface area contributed by atoms with Crippen LogP contribution in [0, 0.1) is 12.8 Å². The average molecular weight is 380 g/mol. The average Bonchev–Trinajstić information content (AvgIpc) is 3.05. The van der Waals surface area contributed by atoms with Gasteiger partial charge in [-0.15, -0.1) is 10.2 Å². The number of nitrogens with zero attached hydrogens (tertiary/aromatic N) is 4. The fraction of sp³-hybridized carbons (Fsp3) is 0.409. The molecule has 148 valence electrons. The maximum Gasteiger partial charge on any atom is 0.224 e. The lowest BCUT2D eigenvalue weighted by atomic mass is 10.1. The van der Waals surface area contributed by atoms with Crippen molar-refractivity contribution in [1.82, 2.24) is 15.0 Å². The van der Waals surface area contributed by atoms with Crippen molar-refractivity contribution in [1.29, 1.82) is 0 Å². The standard InChI is InChI=1S/C22H29N5O/c1-6-26(7-2)17-8-10-18(11-9-17)27-24-20-13-16(5)19(14-21(20)25-27)23-22(28)12-15(3)4/h8-11,13-15H,6-7,12H2,1-5H3,(H,23,28). The molecule has 0 aliphatic heterocycles. The Morgan fingerprint density at radius 2 is 1.68 bits per heavy atom. The zero-order valence-corrected chi connectivity index (χ0v) is 17.4. The first-order valence-corrected chi connectivity index (χ1v) is 9.94. The second-order valence-corrected chi connectivity index (χ2v) is 7.48. The number of aryl methyl sites for hydroxylation is 1. The highest BCUT2D eigenvalue weighted by Crippen LogP contribution is 2.23. The summed E-state index contributed by atoms with van der Waals surface area (Å²) in [6.07, 6.45) is 0.503. The highest BCUT2D eigenvalue weighted by Gasteiger charge is 2.12. The van der Waals surface area contributed by atoms with Crippen molar-refractivity contribution in [3.05, 3.63) is 42.0 Å². The Labute approximate surface area is 166 Å². The number of benzene rings is 2. The van der Waals surface area contributed by atoms with E-state index in [4.69, 9.17) is 0 Å². The first-order valence-electron chi connectivity index (χ1n) is 9.94. The van der Waals surface area contributed by atoms with Crippen molar-refractivity contribution in [2.24, 2.45) is 5.92 Å². The molecule has 3 rings (SSSR count). The van der Waals surface area contributed by atoms with E-state index >= 15 is 0 Å². The zero-order chi connectivity index (χ0) is 20.3. The molecule has 0 radical (unpaired) electrons. The summed E-state index contributed by atoms with van der Waals surface area (Å²) < 4.78 is 0. The van der Waals surface area contributed by atoms with Crippen LogP contribution < -0.4 is 10.2 Å². The van der Waals surface area contributed by atoms with E-state index in [2.05, 4.69) is 46.4 Å². The third kappa shape index (κ3) is 4.32. The van der Waals surface area contributed by atoms with Crippen LogP contribution in [0.4, 0.5) is 11.4 Å². The normalized spacial score (nSPS) is 11.2. The summed E-state index contributed by atoms with van der Waals surface area (Å²) in [7, 11) is 0. The molecule has 6 nitrogen and oxygen atoms in total. The van der Waals surface area contributed by atoms with Gasteiger partial charge in [-0.3, -0.25) is 4.79 Å². The van der Waals surface area contributed by atoms with Gasteiger partial charge in [-0.25, -0.2) is 0 Å². The molecule has 1 aromatic heterocycles. The summed E-state index contributed by atoms with van der Waals surface area (Å²) in [5.74, 6) is 0.348. The molecule has 6 heteroatoms. The maximum absolute atomic E-state index is 12.1. The van der Waals surface area contributed by atoms with Crippen LogP contribution in [0.5, 0.6) is 0 Å². The summed E-state index contributed by atoms with van der Waals surface area (Å²) in [5.41, 5.74) is 5.45. The first kappa shape index (κ1) is 19.9. The molecule has 1 heterocycles. The number of nitrogens with one attached hydrogen (secondary N) is 1. The van der Waals surface area contributed by atoms with Gasteiger partial charge < -0.3 is 10.2 Å². The Hall–Kier alpha value is -2.89. The Bertz CT molecular complexity index is 955.